The van der Waals surface area contributed by atoms with Gasteiger partial charge in [-0.3, -0.25) is 4.90 Å². The van der Waals surface area contributed by atoms with E-state index in [1.54, 1.807) is 0 Å². The van der Waals surface area contributed by atoms with E-state index in [9.17, 15) is 0 Å². The number of likely N-dealkylation sites (tertiary alicyclic amines) is 1. The van der Waals surface area contributed by atoms with Gasteiger partial charge in [-0.05, 0) is 38.5 Å². The minimum atomic E-state index is 0.648. The maximum atomic E-state index is 3.75. The molecule has 0 aromatic heterocycles. The first-order valence-corrected chi connectivity index (χ1v) is 6.86. The van der Waals surface area contributed by atoms with Crippen LogP contribution in [0.15, 0.2) is 36.0 Å². The standard InChI is InChI=1S/C12H19N.2C2H6/c1-5-7-12-8-10(3)13(4)9-11(12)6-2;2*1-2/h5-7,10H,1,8-9H2,2-4H3;2*1-2H3/b11-6-,12-7-;;. The topological polar surface area (TPSA) is 3.24 Å². The third kappa shape index (κ3) is 6.48. The van der Waals surface area contributed by atoms with E-state index < -0.39 is 0 Å². The highest BCUT2D eigenvalue weighted by Gasteiger charge is 2.20. The van der Waals surface area contributed by atoms with Gasteiger partial charge < -0.3 is 0 Å². The lowest BCUT2D eigenvalue weighted by Crippen LogP contribution is -2.36. The fourth-order valence-electron chi connectivity index (χ4n) is 1.73. The maximum absolute atomic E-state index is 3.75. The van der Waals surface area contributed by atoms with Crippen LogP contribution in [0.1, 0.15) is 48.0 Å². The summed E-state index contributed by atoms with van der Waals surface area (Å²) in [6, 6.07) is 0.648. The van der Waals surface area contributed by atoms with Gasteiger partial charge in [0.1, 0.15) is 0 Å². The number of hydrogen-bond acceptors (Lipinski definition) is 1. The average molecular weight is 237 g/mol. The molecular formula is C16H31N. The Morgan fingerprint density at radius 3 is 2.12 bits per heavy atom. The molecule has 1 aliphatic rings. The van der Waals surface area contributed by atoms with Gasteiger partial charge in [-0.2, -0.15) is 0 Å². The van der Waals surface area contributed by atoms with Crippen molar-refractivity contribution >= 4 is 0 Å². The molecule has 1 atom stereocenters. The maximum Gasteiger partial charge on any atom is 0.0233 e. The highest BCUT2D eigenvalue weighted by Crippen LogP contribution is 2.25. The predicted molar refractivity (Wildman–Crippen MR) is 81.4 cm³/mol. The quantitative estimate of drug-likeness (QED) is 0.632. The molecule has 0 bridgehead atoms. The Bertz CT molecular complexity index is 248. The van der Waals surface area contributed by atoms with Gasteiger partial charge >= 0.3 is 0 Å². The Morgan fingerprint density at radius 2 is 1.71 bits per heavy atom. The van der Waals surface area contributed by atoms with Crippen LogP contribution in [-0.2, 0) is 0 Å². The smallest absolute Gasteiger partial charge is 0.0233 e. The van der Waals surface area contributed by atoms with E-state index in [1.807, 2.05) is 33.8 Å². The van der Waals surface area contributed by atoms with Crippen molar-refractivity contribution in [3.8, 4) is 0 Å². The van der Waals surface area contributed by atoms with Crippen LogP contribution in [0.4, 0.5) is 0 Å². The first kappa shape index (κ1) is 18.5. The number of nitrogens with zero attached hydrogens (tertiary/aromatic N) is 1. The Kier molecular flexibility index (Phi) is 12.7. The second kappa shape index (κ2) is 11.7. The Balaban J connectivity index is 0. The molecular weight excluding hydrogens is 206 g/mol. The van der Waals surface area contributed by atoms with Crippen molar-refractivity contribution in [3.63, 3.8) is 0 Å². The monoisotopic (exact) mass is 237 g/mol. The van der Waals surface area contributed by atoms with Gasteiger partial charge in [-0.15, -0.1) is 0 Å². The van der Waals surface area contributed by atoms with Crippen molar-refractivity contribution in [1.82, 2.24) is 4.90 Å². The van der Waals surface area contributed by atoms with Crippen LogP contribution in [-0.4, -0.2) is 24.5 Å². The van der Waals surface area contributed by atoms with E-state index in [2.05, 4.69) is 44.5 Å². The molecule has 17 heavy (non-hydrogen) atoms. The van der Waals surface area contributed by atoms with Gasteiger partial charge in [-0.25, -0.2) is 0 Å². The summed E-state index contributed by atoms with van der Waals surface area (Å²) in [6.45, 7) is 17.2. The molecule has 1 heteroatoms. The van der Waals surface area contributed by atoms with Crippen LogP contribution in [0.25, 0.3) is 0 Å². The van der Waals surface area contributed by atoms with E-state index in [0.29, 0.717) is 6.04 Å². The SMILES string of the molecule is C=C/C=C1/CC(C)N(C)C/C1=C/C.CC.CC. The van der Waals surface area contributed by atoms with E-state index >= 15 is 0 Å². The molecule has 0 aromatic rings. The molecule has 1 aliphatic heterocycles. The number of hydrogen-bond donors (Lipinski definition) is 0. The van der Waals surface area contributed by atoms with Gasteiger partial charge in [0, 0.05) is 12.6 Å². The van der Waals surface area contributed by atoms with Crippen molar-refractivity contribution in [2.45, 2.75) is 54.0 Å². The molecule has 0 aromatic carbocycles. The van der Waals surface area contributed by atoms with Gasteiger partial charge in [0.25, 0.3) is 0 Å². The summed E-state index contributed by atoms with van der Waals surface area (Å²) in [5.41, 5.74) is 2.89. The van der Waals surface area contributed by atoms with Crippen LogP contribution >= 0.6 is 0 Å². The number of rotatable bonds is 1. The Labute approximate surface area is 109 Å². The van der Waals surface area contributed by atoms with Crippen molar-refractivity contribution in [2.75, 3.05) is 13.6 Å². The van der Waals surface area contributed by atoms with E-state index in [4.69, 9.17) is 0 Å². The van der Waals surface area contributed by atoms with Crippen molar-refractivity contribution in [1.29, 1.82) is 0 Å². The zero-order chi connectivity index (χ0) is 13.8. The zero-order valence-electron chi connectivity index (χ0n) is 12.9. The summed E-state index contributed by atoms with van der Waals surface area (Å²) in [7, 11) is 2.18. The number of likely N-dealkylation sites (N-methyl/N-ethyl adjacent to an activating group) is 1. The lowest BCUT2D eigenvalue weighted by molar-refractivity contribution is 0.259. The highest BCUT2D eigenvalue weighted by molar-refractivity contribution is 5.36. The van der Waals surface area contributed by atoms with Gasteiger partial charge in [-0.1, -0.05) is 52.5 Å². The number of allylic oxidation sites excluding steroid dienone is 3. The largest absolute Gasteiger partial charge is 0.299 e. The molecule has 1 heterocycles. The summed E-state index contributed by atoms with van der Waals surface area (Å²) >= 11 is 0. The predicted octanol–water partition coefficient (Wildman–Crippen LogP) is 4.82. The normalized spacial score (nSPS) is 24.5. The third-order valence-electron chi connectivity index (χ3n) is 2.77. The molecule has 1 fully saturated rings. The van der Waals surface area contributed by atoms with Gasteiger partial charge in [0.2, 0.25) is 0 Å². The molecule has 0 amide bonds. The van der Waals surface area contributed by atoms with E-state index in [-0.39, 0.29) is 0 Å². The molecule has 0 spiro atoms. The average Bonchev–Trinajstić information content (AvgIpc) is 2.38. The highest BCUT2D eigenvalue weighted by atomic mass is 15.1. The fourth-order valence-corrected chi connectivity index (χ4v) is 1.73. The van der Waals surface area contributed by atoms with Crippen molar-refractivity contribution in [3.05, 3.63) is 36.0 Å². The van der Waals surface area contributed by atoms with E-state index in [0.717, 1.165) is 13.0 Å². The first-order chi connectivity index (χ1) is 8.19. The van der Waals surface area contributed by atoms with E-state index in [1.165, 1.54) is 11.1 Å². The number of piperidine rings is 1. The molecule has 1 nitrogen and oxygen atoms in total. The second-order valence-electron chi connectivity index (χ2n) is 3.71. The van der Waals surface area contributed by atoms with Crippen LogP contribution in [0.5, 0.6) is 0 Å². The van der Waals surface area contributed by atoms with Crippen LogP contribution in [0, 0.1) is 0 Å². The summed E-state index contributed by atoms with van der Waals surface area (Å²) in [5, 5.41) is 0. The Morgan fingerprint density at radius 1 is 1.18 bits per heavy atom. The fraction of sp³-hybridized carbons (Fsp3) is 0.625. The molecule has 1 rings (SSSR count). The molecule has 0 saturated carbocycles. The minimum absolute atomic E-state index is 0.648. The van der Waals surface area contributed by atoms with Crippen molar-refractivity contribution < 1.29 is 0 Å². The molecule has 0 aliphatic carbocycles. The third-order valence-corrected chi connectivity index (χ3v) is 2.77. The van der Waals surface area contributed by atoms with Gasteiger partial charge in [0.15, 0.2) is 0 Å². The Hall–Kier alpha value is -0.820. The molecule has 1 saturated heterocycles. The van der Waals surface area contributed by atoms with Crippen LogP contribution in [0.3, 0.4) is 0 Å². The summed E-state index contributed by atoms with van der Waals surface area (Å²) in [4.78, 5) is 2.38. The summed E-state index contributed by atoms with van der Waals surface area (Å²) < 4.78 is 0. The molecule has 1 unspecified atom stereocenters. The molecule has 0 radical (unpaired) electrons. The van der Waals surface area contributed by atoms with Crippen molar-refractivity contribution in [2.24, 2.45) is 0 Å². The van der Waals surface area contributed by atoms with Crippen LogP contribution in [0.2, 0.25) is 0 Å². The zero-order valence-corrected chi connectivity index (χ0v) is 12.9. The molecule has 100 valence electrons. The lowest BCUT2D eigenvalue weighted by Gasteiger charge is -2.33. The first-order valence-electron chi connectivity index (χ1n) is 6.86. The summed E-state index contributed by atoms with van der Waals surface area (Å²) in [6.07, 6.45) is 7.37. The van der Waals surface area contributed by atoms with Gasteiger partial charge in [0.05, 0.1) is 0 Å². The molecule has 0 N–H and O–H groups in total. The second-order valence-corrected chi connectivity index (χ2v) is 3.71. The lowest BCUT2D eigenvalue weighted by atomic mass is 9.93. The minimum Gasteiger partial charge on any atom is -0.299 e. The van der Waals surface area contributed by atoms with Crippen LogP contribution < -0.4 is 0 Å². The summed E-state index contributed by atoms with van der Waals surface area (Å²) in [5.74, 6) is 0.